The van der Waals surface area contributed by atoms with E-state index in [0.29, 0.717) is 25.4 Å². The fourth-order valence-electron chi connectivity index (χ4n) is 2.61. The Bertz CT molecular complexity index is 501. The zero-order valence-electron chi connectivity index (χ0n) is 11.9. The zero-order valence-corrected chi connectivity index (χ0v) is 11.9. The Morgan fingerprint density at radius 3 is 2.86 bits per heavy atom. The molecule has 114 valence electrons. The van der Waals surface area contributed by atoms with Crippen LogP contribution < -0.4 is 10.6 Å². The van der Waals surface area contributed by atoms with Gasteiger partial charge in [0, 0.05) is 31.8 Å². The van der Waals surface area contributed by atoms with E-state index in [1.165, 1.54) is 31.2 Å². The summed E-state index contributed by atoms with van der Waals surface area (Å²) in [5.41, 5.74) is -0.0604. The molecular formula is C14H20N4O3. The third-order valence-electron chi connectivity index (χ3n) is 3.67. The van der Waals surface area contributed by atoms with Gasteiger partial charge in [-0.15, -0.1) is 0 Å². The number of pyridine rings is 1. The Morgan fingerprint density at radius 1 is 1.38 bits per heavy atom. The highest BCUT2D eigenvalue weighted by Gasteiger charge is 2.18. The summed E-state index contributed by atoms with van der Waals surface area (Å²) in [6.45, 7) is 0.841. The molecule has 1 aromatic rings. The molecule has 1 saturated carbocycles. The lowest BCUT2D eigenvalue weighted by atomic mass is 10.0. The maximum atomic E-state index is 11.7. The summed E-state index contributed by atoms with van der Waals surface area (Å²) in [5, 5.41) is 16.5. The maximum absolute atomic E-state index is 11.7. The quantitative estimate of drug-likeness (QED) is 0.455. The van der Waals surface area contributed by atoms with Gasteiger partial charge in [-0.3, -0.25) is 14.9 Å². The fraction of sp³-hybridized carbons (Fsp3) is 0.571. The fourth-order valence-corrected chi connectivity index (χ4v) is 2.61. The number of nitrogens with one attached hydrogen (secondary N) is 2. The van der Waals surface area contributed by atoms with Crippen LogP contribution >= 0.6 is 0 Å². The average molecular weight is 292 g/mol. The molecule has 7 heteroatoms. The lowest BCUT2D eigenvalue weighted by Crippen LogP contribution is -2.30. The topological polar surface area (TPSA) is 97.2 Å². The summed E-state index contributed by atoms with van der Waals surface area (Å²) in [6.07, 6.45) is 6.82. The molecule has 2 rings (SSSR count). The van der Waals surface area contributed by atoms with Crippen LogP contribution in [-0.4, -0.2) is 28.9 Å². The lowest BCUT2D eigenvalue weighted by Gasteiger charge is -2.10. The van der Waals surface area contributed by atoms with E-state index in [0.717, 1.165) is 12.8 Å². The van der Waals surface area contributed by atoms with Crippen LogP contribution in [0.3, 0.4) is 0 Å². The smallest absolute Gasteiger partial charge is 0.311 e. The number of nitrogens with zero attached hydrogens (tertiary/aromatic N) is 2. The Kier molecular flexibility index (Phi) is 5.48. The zero-order chi connectivity index (χ0) is 15.1. The van der Waals surface area contributed by atoms with E-state index in [1.54, 1.807) is 0 Å². The maximum Gasteiger partial charge on any atom is 0.311 e. The second-order valence-electron chi connectivity index (χ2n) is 5.26. The summed E-state index contributed by atoms with van der Waals surface area (Å²) in [4.78, 5) is 26.0. The van der Waals surface area contributed by atoms with E-state index in [9.17, 15) is 14.9 Å². The summed E-state index contributed by atoms with van der Waals surface area (Å²) in [5.74, 6) is 0.807. The number of aromatic nitrogens is 1. The van der Waals surface area contributed by atoms with Gasteiger partial charge in [-0.05, 0) is 24.8 Å². The minimum absolute atomic E-state index is 0.0548. The van der Waals surface area contributed by atoms with Crippen LogP contribution in [0.4, 0.5) is 11.5 Å². The summed E-state index contributed by atoms with van der Waals surface area (Å²) >= 11 is 0. The predicted octanol–water partition coefficient (Wildman–Crippen LogP) is 2.10. The molecule has 1 aliphatic rings. The van der Waals surface area contributed by atoms with Crippen molar-refractivity contribution in [3.8, 4) is 0 Å². The standard InChI is InChI=1S/C14H20N4O3/c19-13(10-11-4-1-2-5-11)15-8-9-17-14-12(18(20)21)6-3-7-16-14/h3,6-7,11H,1-2,4-5,8-10H2,(H,15,19)(H,16,17). The highest BCUT2D eigenvalue weighted by atomic mass is 16.6. The molecule has 0 aliphatic heterocycles. The SMILES string of the molecule is O=C(CC1CCCC1)NCCNc1ncccc1[N+](=O)[O-]. The molecule has 0 aromatic carbocycles. The van der Waals surface area contributed by atoms with E-state index in [4.69, 9.17) is 0 Å². The largest absolute Gasteiger partial charge is 0.363 e. The van der Waals surface area contributed by atoms with Gasteiger partial charge in [0.15, 0.2) is 0 Å². The summed E-state index contributed by atoms with van der Waals surface area (Å²) in [7, 11) is 0. The number of carbonyl (C=O) groups is 1. The van der Waals surface area contributed by atoms with Crippen LogP contribution in [0.25, 0.3) is 0 Å². The Hall–Kier alpha value is -2.18. The van der Waals surface area contributed by atoms with Gasteiger partial charge in [0.2, 0.25) is 11.7 Å². The molecule has 0 radical (unpaired) electrons. The van der Waals surface area contributed by atoms with Crippen molar-refractivity contribution in [2.75, 3.05) is 18.4 Å². The Labute approximate surface area is 123 Å². The third kappa shape index (κ3) is 4.70. The number of rotatable bonds is 7. The molecule has 0 spiro atoms. The van der Waals surface area contributed by atoms with Crippen LogP contribution in [0.1, 0.15) is 32.1 Å². The van der Waals surface area contributed by atoms with Crippen molar-refractivity contribution in [1.29, 1.82) is 0 Å². The molecule has 0 bridgehead atoms. The Balaban J connectivity index is 1.69. The van der Waals surface area contributed by atoms with Crippen LogP contribution in [0.15, 0.2) is 18.3 Å². The van der Waals surface area contributed by atoms with E-state index >= 15 is 0 Å². The number of hydrogen-bond acceptors (Lipinski definition) is 5. The molecule has 21 heavy (non-hydrogen) atoms. The van der Waals surface area contributed by atoms with Crippen molar-refractivity contribution in [1.82, 2.24) is 10.3 Å². The number of carbonyl (C=O) groups excluding carboxylic acids is 1. The van der Waals surface area contributed by atoms with Crippen LogP contribution in [-0.2, 0) is 4.79 Å². The first-order valence-electron chi connectivity index (χ1n) is 7.27. The third-order valence-corrected chi connectivity index (χ3v) is 3.67. The lowest BCUT2D eigenvalue weighted by molar-refractivity contribution is -0.384. The van der Waals surface area contributed by atoms with Gasteiger partial charge in [-0.1, -0.05) is 12.8 Å². The molecular weight excluding hydrogens is 272 g/mol. The second-order valence-corrected chi connectivity index (χ2v) is 5.26. The minimum atomic E-state index is -0.478. The van der Waals surface area contributed by atoms with Gasteiger partial charge in [0.25, 0.3) is 0 Å². The molecule has 1 aromatic heterocycles. The molecule has 1 aliphatic carbocycles. The monoisotopic (exact) mass is 292 g/mol. The van der Waals surface area contributed by atoms with Gasteiger partial charge in [0.1, 0.15) is 0 Å². The van der Waals surface area contributed by atoms with Crippen molar-refractivity contribution in [2.45, 2.75) is 32.1 Å². The summed E-state index contributed by atoms with van der Waals surface area (Å²) in [6, 6.07) is 2.92. The Morgan fingerprint density at radius 2 is 2.14 bits per heavy atom. The van der Waals surface area contributed by atoms with Gasteiger partial charge in [0.05, 0.1) is 4.92 Å². The van der Waals surface area contributed by atoms with E-state index < -0.39 is 4.92 Å². The predicted molar refractivity (Wildman–Crippen MR) is 79.0 cm³/mol. The second kappa shape index (κ2) is 7.56. The first-order valence-corrected chi connectivity index (χ1v) is 7.27. The minimum Gasteiger partial charge on any atom is -0.363 e. The van der Waals surface area contributed by atoms with Crippen molar-refractivity contribution in [3.05, 3.63) is 28.4 Å². The van der Waals surface area contributed by atoms with Crippen molar-refractivity contribution >= 4 is 17.4 Å². The van der Waals surface area contributed by atoms with Gasteiger partial charge in [-0.25, -0.2) is 4.98 Å². The van der Waals surface area contributed by atoms with Gasteiger partial charge in [-0.2, -0.15) is 0 Å². The van der Waals surface area contributed by atoms with Gasteiger partial charge >= 0.3 is 5.69 Å². The number of hydrogen-bond donors (Lipinski definition) is 2. The molecule has 2 N–H and O–H groups in total. The van der Waals surface area contributed by atoms with Crippen LogP contribution in [0.5, 0.6) is 0 Å². The molecule has 0 saturated heterocycles. The molecule has 1 amide bonds. The highest BCUT2D eigenvalue weighted by Crippen LogP contribution is 2.27. The van der Waals surface area contributed by atoms with Crippen molar-refractivity contribution < 1.29 is 9.72 Å². The molecule has 0 unspecified atom stereocenters. The van der Waals surface area contributed by atoms with Crippen LogP contribution in [0.2, 0.25) is 0 Å². The molecule has 1 heterocycles. The first kappa shape index (κ1) is 15.2. The van der Waals surface area contributed by atoms with E-state index in [2.05, 4.69) is 15.6 Å². The highest BCUT2D eigenvalue weighted by molar-refractivity contribution is 5.76. The normalized spacial score (nSPS) is 14.9. The number of amides is 1. The average Bonchev–Trinajstić information content (AvgIpc) is 2.96. The summed E-state index contributed by atoms with van der Waals surface area (Å²) < 4.78 is 0. The first-order chi connectivity index (χ1) is 10.2. The van der Waals surface area contributed by atoms with E-state index in [1.807, 2.05) is 0 Å². The molecule has 0 atom stereocenters. The van der Waals surface area contributed by atoms with E-state index in [-0.39, 0.29) is 17.4 Å². The van der Waals surface area contributed by atoms with Crippen LogP contribution in [0, 0.1) is 16.0 Å². The van der Waals surface area contributed by atoms with Crippen molar-refractivity contribution in [3.63, 3.8) is 0 Å². The van der Waals surface area contributed by atoms with Crippen molar-refractivity contribution in [2.24, 2.45) is 5.92 Å². The molecule has 1 fully saturated rings. The molecule has 7 nitrogen and oxygen atoms in total. The van der Waals surface area contributed by atoms with Gasteiger partial charge < -0.3 is 10.6 Å². The number of anilines is 1. The number of nitro groups is 1.